The number of ether oxygens (including phenoxy) is 3. The summed E-state index contributed by atoms with van der Waals surface area (Å²) < 4.78 is 17.2. The van der Waals surface area contributed by atoms with E-state index in [0.29, 0.717) is 22.6 Å². The van der Waals surface area contributed by atoms with Gasteiger partial charge in [-0.3, -0.25) is 4.98 Å². The SMILES string of the molecule is COC(=O)c1ccc(Oc2ncnc(Oc3ccc(Br)c4cccnc34)c2N)cc1. The number of nitrogens with two attached hydrogens (primary N) is 1. The van der Waals surface area contributed by atoms with Crippen LogP contribution in [0, 0.1) is 0 Å². The van der Waals surface area contributed by atoms with E-state index in [1.54, 1.807) is 36.5 Å². The van der Waals surface area contributed by atoms with Crippen molar-refractivity contribution in [2.75, 3.05) is 12.8 Å². The van der Waals surface area contributed by atoms with E-state index in [-0.39, 0.29) is 17.4 Å². The minimum atomic E-state index is -0.436. The van der Waals surface area contributed by atoms with Gasteiger partial charge in [0, 0.05) is 16.1 Å². The Labute approximate surface area is 179 Å². The van der Waals surface area contributed by atoms with Crippen molar-refractivity contribution in [2.24, 2.45) is 0 Å². The number of nitrogen functional groups attached to an aromatic ring is 1. The Morgan fingerprint density at radius 3 is 2.43 bits per heavy atom. The molecule has 9 heteroatoms. The number of hydrogen-bond donors (Lipinski definition) is 1. The minimum absolute atomic E-state index is 0.125. The number of benzene rings is 2. The van der Waals surface area contributed by atoms with Crippen LogP contribution in [0.4, 0.5) is 5.69 Å². The largest absolute Gasteiger partial charge is 0.465 e. The number of esters is 1. The molecule has 2 N–H and O–H groups in total. The van der Waals surface area contributed by atoms with Crippen molar-refractivity contribution in [1.82, 2.24) is 15.0 Å². The van der Waals surface area contributed by atoms with Crippen molar-refractivity contribution in [1.29, 1.82) is 0 Å². The zero-order valence-corrected chi connectivity index (χ0v) is 17.3. The summed E-state index contributed by atoms with van der Waals surface area (Å²) in [7, 11) is 1.32. The smallest absolute Gasteiger partial charge is 0.337 e. The van der Waals surface area contributed by atoms with E-state index in [0.717, 1.165) is 9.86 Å². The molecule has 8 nitrogen and oxygen atoms in total. The summed E-state index contributed by atoms with van der Waals surface area (Å²) in [5.41, 5.74) is 7.36. The first-order chi connectivity index (χ1) is 14.6. The van der Waals surface area contributed by atoms with E-state index < -0.39 is 5.97 Å². The fourth-order valence-corrected chi connectivity index (χ4v) is 3.17. The fraction of sp³-hybridized carbons (Fsp3) is 0.0476. The van der Waals surface area contributed by atoms with E-state index in [1.807, 2.05) is 18.2 Å². The van der Waals surface area contributed by atoms with Crippen molar-refractivity contribution in [3.63, 3.8) is 0 Å². The van der Waals surface area contributed by atoms with Crippen LogP contribution in [-0.4, -0.2) is 28.0 Å². The maximum Gasteiger partial charge on any atom is 0.337 e. The Kier molecular flexibility index (Phi) is 5.44. The number of anilines is 1. The molecule has 0 saturated carbocycles. The predicted molar refractivity (Wildman–Crippen MR) is 114 cm³/mol. The highest BCUT2D eigenvalue weighted by atomic mass is 79.9. The lowest BCUT2D eigenvalue weighted by molar-refractivity contribution is 0.0600. The highest BCUT2D eigenvalue weighted by Crippen LogP contribution is 2.37. The lowest BCUT2D eigenvalue weighted by Gasteiger charge is -2.12. The van der Waals surface area contributed by atoms with Gasteiger partial charge in [0.05, 0.1) is 12.7 Å². The molecule has 0 aliphatic carbocycles. The molecule has 0 bridgehead atoms. The van der Waals surface area contributed by atoms with Gasteiger partial charge in [0.15, 0.2) is 11.4 Å². The van der Waals surface area contributed by atoms with Crippen LogP contribution in [0.25, 0.3) is 10.9 Å². The summed E-state index contributed by atoms with van der Waals surface area (Å²) in [5.74, 6) is 0.761. The van der Waals surface area contributed by atoms with Crippen molar-refractivity contribution in [3.8, 4) is 23.3 Å². The van der Waals surface area contributed by atoms with Gasteiger partial charge in [0.2, 0.25) is 11.8 Å². The third kappa shape index (κ3) is 3.87. The van der Waals surface area contributed by atoms with Crippen LogP contribution in [-0.2, 0) is 4.74 Å². The lowest BCUT2D eigenvalue weighted by atomic mass is 10.2. The maximum absolute atomic E-state index is 11.5. The number of hydrogen-bond acceptors (Lipinski definition) is 8. The van der Waals surface area contributed by atoms with Crippen LogP contribution in [0.15, 0.2) is 65.5 Å². The molecule has 0 atom stereocenters. The van der Waals surface area contributed by atoms with Crippen LogP contribution in [0.2, 0.25) is 0 Å². The Hall–Kier alpha value is -3.72. The number of carbonyl (C=O) groups is 1. The van der Waals surface area contributed by atoms with Crippen LogP contribution in [0.1, 0.15) is 10.4 Å². The van der Waals surface area contributed by atoms with Gasteiger partial charge >= 0.3 is 5.97 Å². The van der Waals surface area contributed by atoms with Gasteiger partial charge in [0.1, 0.15) is 17.6 Å². The Bertz CT molecular complexity index is 1230. The second-order valence-electron chi connectivity index (χ2n) is 6.06. The first-order valence-corrected chi connectivity index (χ1v) is 9.54. The summed E-state index contributed by atoms with van der Waals surface area (Å²) in [6.07, 6.45) is 2.97. The molecule has 0 fully saturated rings. The van der Waals surface area contributed by atoms with Crippen molar-refractivity contribution in [2.45, 2.75) is 0 Å². The van der Waals surface area contributed by atoms with Crippen molar-refractivity contribution < 1.29 is 19.0 Å². The van der Waals surface area contributed by atoms with Crippen LogP contribution in [0.3, 0.4) is 0 Å². The van der Waals surface area contributed by atoms with Crippen molar-refractivity contribution in [3.05, 3.63) is 71.1 Å². The number of pyridine rings is 1. The number of carbonyl (C=O) groups excluding carboxylic acids is 1. The highest BCUT2D eigenvalue weighted by molar-refractivity contribution is 9.10. The normalized spacial score (nSPS) is 10.6. The van der Waals surface area contributed by atoms with Crippen molar-refractivity contribution >= 4 is 38.5 Å². The zero-order valence-electron chi connectivity index (χ0n) is 15.7. The summed E-state index contributed by atoms with van der Waals surface area (Å²) in [4.78, 5) is 24.1. The summed E-state index contributed by atoms with van der Waals surface area (Å²) in [6, 6.07) is 13.8. The molecule has 0 aliphatic rings. The molecule has 4 rings (SSSR count). The monoisotopic (exact) mass is 466 g/mol. The summed E-state index contributed by atoms with van der Waals surface area (Å²) in [6.45, 7) is 0. The zero-order chi connectivity index (χ0) is 21.1. The number of aromatic nitrogens is 3. The van der Waals surface area contributed by atoms with E-state index >= 15 is 0 Å². The Morgan fingerprint density at radius 2 is 1.70 bits per heavy atom. The second kappa shape index (κ2) is 8.34. The third-order valence-electron chi connectivity index (χ3n) is 4.19. The molecule has 0 spiro atoms. The molecule has 2 heterocycles. The minimum Gasteiger partial charge on any atom is -0.465 e. The second-order valence-corrected chi connectivity index (χ2v) is 6.92. The Morgan fingerprint density at radius 1 is 0.967 bits per heavy atom. The van der Waals surface area contributed by atoms with E-state index in [1.165, 1.54) is 13.4 Å². The molecule has 150 valence electrons. The topological polar surface area (TPSA) is 109 Å². The Balaban J connectivity index is 1.61. The lowest BCUT2D eigenvalue weighted by Crippen LogP contribution is -2.02. The average Bonchev–Trinajstić information content (AvgIpc) is 2.78. The third-order valence-corrected chi connectivity index (χ3v) is 4.88. The van der Waals surface area contributed by atoms with E-state index in [2.05, 4.69) is 35.6 Å². The number of nitrogens with zero attached hydrogens (tertiary/aromatic N) is 3. The van der Waals surface area contributed by atoms with Gasteiger partial charge in [-0.15, -0.1) is 0 Å². The quantitative estimate of drug-likeness (QED) is 0.419. The number of halogens is 1. The molecule has 30 heavy (non-hydrogen) atoms. The number of fused-ring (bicyclic) bond motifs is 1. The maximum atomic E-state index is 11.5. The van der Waals surface area contributed by atoms with Gasteiger partial charge in [-0.1, -0.05) is 22.0 Å². The molecule has 0 aliphatic heterocycles. The van der Waals surface area contributed by atoms with Crippen LogP contribution in [0.5, 0.6) is 23.3 Å². The first kappa shape index (κ1) is 19.6. The molecular formula is C21H15BrN4O4. The van der Waals surface area contributed by atoms with Gasteiger partial charge in [-0.25, -0.2) is 4.79 Å². The first-order valence-electron chi connectivity index (χ1n) is 8.74. The molecule has 0 saturated heterocycles. The number of methoxy groups -OCH3 is 1. The van der Waals surface area contributed by atoms with Gasteiger partial charge in [-0.2, -0.15) is 9.97 Å². The molecule has 0 unspecified atom stereocenters. The fourth-order valence-electron chi connectivity index (χ4n) is 2.71. The summed E-state index contributed by atoms with van der Waals surface area (Å²) >= 11 is 3.50. The molecule has 2 aromatic heterocycles. The summed E-state index contributed by atoms with van der Waals surface area (Å²) in [5, 5.41) is 0.893. The van der Waals surface area contributed by atoms with Gasteiger partial charge < -0.3 is 19.9 Å². The predicted octanol–water partition coefficient (Wildman–Crippen LogP) is 4.74. The molecular weight excluding hydrogens is 452 g/mol. The molecule has 0 radical (unpaired) electrons. The van der Waals surface area contributed by atoms with Gasteiger partial charge in [-0.05, 0) is 42.5 Å². The van der Waals surface area contributed by atoms with E-state index in [4.69, 9.17) is 15.2 Å². The average molecular weight is 467 g/mol. The number of rotatable bonds is 5. The van der Waals surface area contributed by atoms with E-state index in [9.17, 15) is 4.79 Å². The highest BCUT2D eigenvalue weighted by Gasteiger charge is 2.15. The molecule has 2 aromatic carbocycles. The standard InChI is InChI=1S/C21H15BrN4O4/c1-28-21(27)12-4-6-13(7-5-12)29-19-17(23)20(26-11-25-19)30-16-9-8-15(22)14-3-2-10-24-18(14)16/h2-11H,23H2,1H3. The van der Waals surface area contributed by atoms with Crippen LogP contribution >= 0.6 is 15.9 Å². The van der Waals surface area contributed by atoms with Crippen LogP contribution < -0.4 is 15.2 Å². The molecule has 4 aromatic rings. The van der Waals surface area contributed by atoms with Gasteiger partial charge in [0.25, 0.3) is 0 Å². The molecule has 0 amide bonds.